The van der Waals surface area contributed by atoms with Crippen LogP contribution in [0.1, 0.15) is 58.9 Å². The van der Waals surface area contributed by atoms with Crippen molar-refractivity contribution in [2.45, 2.75) is 71.0 Å². The van der Waals surface area contributed by atoms with E-state index in [-0.39, 0.29) is 18.3 Å². The van der Waals surface area contributed by atoms with Crippen LogP contribution in [0.4, 0.5) is 0 Å². The lowest BCUT2D eigenvalue weighted by atomic mass is 9.79. The lowest BCUT2D eigenvalue weighted by Crippen LogP contribution is -2.41. The molecule has 1 fully saturated rings. The number of benzene rings is 2. The Hall–Kier alpha value is -2.04. The summed E-state index contributed by atoms with van der Waals surface area (Å²) in [6, 6.07) is 18.8. The van der Waals surface area contributed by atoms with E-state index in [4.69, 9.17) is 14.0 Å². The molecular formula is C27H37BO3. The number of hydrogen-bond acceptors (Lipinski definition) is 3. The summed E-state index contributed by atoms with van der Waals surface area (Å²) in [6.45, 7) is 13.0. The van der Waals surface area contributed by atoms with Gasteiger partial charge in [-0.3, -0.25) is 0 Å². The summed E-state index contributed by atoms with van der Waals surface area (Å²) in [6.07, 6.45) is 7.76. The highest BCUT2D eigenvalue weighted by atomic mass is 16.7. The number of rotatable bonds is 11. The fourth-order valence-corrected chi connectivity index (χ4v) is 3.83. The maximum absolute atomic E-state index is 6.12. The number of ether oxygens (including phenoxy) is 1. The Balaban J connectivity index is 1.37. The molecule has 3 rings (SSSR count). The summed E-state index contributed by atoms with van der Waals surface area (Å²) in [5.41, 5.74) is 1.79. The molecule has 4 heteroatoms. The first-order valence-electron chi connectivity index (χ1n) is 11.6. The van der Waals surface area contributed by atoms with Crippen molar-refractivity contribution in [2.75, 3.05) is 6.61 Å². The predicted octanol–water partition coefficient (Wildman–Crippen LogP) is 5.97. The molecule has 0 amide bonds. The fourth-order valence-electron chi connectivity index (χ4n) is 3.83. The topological polar surface area (TPSA) is 27.7 Å². The molecule has 0 saturated carbocycles. The SMILES string of the molecule is C=CC(CCCOc1ccc(B2OC(C)(C)C(C)(C)O2)cc1)CCCc1ccccc1. The van der Waals surface area contributed by atoms with Gasteiger partial charge in [0.25, 0.3) is 0 Å². The molecule has 31 heavy (non-hydrogen) atoms. The van der Waals surface area contributed by atoms with E-state index in [2.05, 4.69) is 70.7 Å². The van der Waals surface area contributed by atoms with Crippen LogP contribution in [0.2, 0.25) is 0 Å². The first kappa shape index (κ1) is 23.6. The minimum absolute atomic E-state index is 0.324. The van der Waals surface area contributed by atoms with Gasteiger partial charge < -0.3 is 14.0 Å². The zero-order valence-corrected chi connectivity index (χ0v) is 19.6. The van der Waals surface area contributed by atoms with Gasteiger partial charge in [0.2, 0.25) is 0 Å². The van der Waals surface area contributed by atoms with E-state index in [1.807, 2.05) is 24.3 Å². The number of allylic oxidation sites excluding steroid dienone is 1. The van der Waals surface area contributed by atoms with Gasteiger partial charge in [-0.2, -0.15) is 0 Å². The van der Waals surface area contributed by atoms with Crippen molar-refractivity contribution in [3.8, 4) is 5.75 Å². The third kappa shape index (κ3) is 6.47. The Labute approximate surface area is 189 Å². The molecule has 1 saturated heterocycles. The van der Waals surface area contributed by atoms with Gasteiger partial charge in [0, 0.05) is 0 Å². The second kappa shape index (κ2) is 10.5. The van der Waals surface area contributed by atoms with Gasteiger partial charge in [0.1, 0.15) is 5.75 Å². The van der Waals surface area contributed by atoms with E-state index >= 15 is 0 Å². The molecule has 2 aromatic rings. The van der Waals surface area contributed by atoms with Crippen LogP contribution < -0.4 is 10.2 Å². The summed E-state index contributed by atoms with van der Waals surface area (Å²) in [5, 5.41) is 0. The molecule has 1 atom stereocenters. The third-order valence-corrected chi connectivity index (χ3v) is 6.61. The highest BCUT2D eigenvalue weighted by molar-refractivity contribution is 6.62. The fraction of sp³-hybridized carbons (Fsp3) is 0.481. The molecule has 166 valence electrons. The van der Waals surface area contributed by atoms with Crippen molar-refractivity contribution in [1.82, 2.24) is 0 Å². The molecule has 2 aromatic carbocycles. The maximum Gasteiger partial charge on any atom is 0.494 e. The van der Waals surface area contributed by atoms with E-state index in [0.717, 1.165) is 37.1 Å². The molecule has 0 bridgehead atoms. The van der Waals surface area contributed by atoms with Crippen molar-refractivity contribution in [3.05, 3.63) is 72.8 Å². The van der Waals surface area contributed by atoms with Gasteiger partial charge in [-0.1, -0.05) is 48.5 Å². The average molecular weight is 420 g/mol. The number of hydrogen-bond donors (Lipinski definition) is 0. The number of aryl methyl sites for hydroxylation is 1. The summed E-state index contributed by atoms with van der Waals surface area (Å²) in [5.74, 6) is 1.44. The summed E-state index contributed by atoms with van der Waals surface area (Å²) in [7, 11) is -0.330. The minimum atomic E-state index is -0.330. The second-order valence-corrected chi connectivity index (χ2v) is 9.52. The quantitative estimate of drug-likeness (QED) is 0.255. The molecule has 1 heterocycles. The van der Waals surface area contributed by atoms with Crippen molar-refractivity contribution < 1.29 is 14.0 Å². The Bertz CT molecular complexity index is 798. The lowest BCUT2D eigenvalue weighted by Gasteiger charge is -2.32. The van der Waals surface area contributed by atoms with Gasteiger partial charge in [0.05, 0.1) is 17.8 Å². The van der Waals surface area contributed by atoms with Crippen LogP contribution in [0.15, 0.2) is 67.3 Å². The Kier molecular flexibility index (Phi) is 8.02. The summed E-state index contributed by atoms with van der Waals surface area (Å²) >= 11 is 0. The van der Waals surface area contributed by atoms with E-state index in [1.54, 1.807) is 0 Å². The van der Waals surface area contributed by atoms with E-state index in [9.17, 15) is 0 Å². The van der Waals surface area contributed by atoms with Crippen LogP contribution in [0, 0.1) is 5.92 Å². The molecule has 0 radical (unpaired) electrons. The molecule has 0 aromatic heterocycles. The standard InChI is InChI=1S/C27H37BO3/c1-6-22(14-10-15-23-12-8-7-9-13-23)16-11-21-29-25-19-17-24(18-20-25)28-30-26(2,3)27(4,5)31-28/h6-9,12-13,17-20,22H,1,10-11,14-16,21H2,2-5H3. The van der Waals surface area contributed by atoms with E-state index < -0.39 is 0 Å². The van der Waals surface area contributed by atoms with Gasteiger partial charge >= 0.3 is 7.12 Å². The van der Waals surface area contributed by atoms with Crippen molar-refractivity contribution >= 4 is 12.6 Å². The summed E-state index contributed by atoms with van der Waals surface area (Å²) in [4.78, 5) is 0. The largest absolute Gasteiger partial charge is 0.494 e. The zero-order chi connectivity index (χ0) is 22.3. The second-order valence-electron chi connectivity index (χ2n) is 9.52. The zero-order valence-electron chi connectivity index (χ0n) is 19.6. The Morgan fingerprint density at radius 3 is 2.13 bits per heavy atom. The van der Waals surface area contributed by atoms with Gasteiger partial charge in [-0.15, -0.1) is 6.58 Å². The van der Waals surface area contributed by atoms with Crippen molar-refractivity contribution in [3.63, 3.8) is 0 Å². The predicted molar refractivity (Wildman–Crippen MR) is 130 cm³/mol. The van der Waals surface area contributed by atoms with Crippen molar-refractivity contribution in [2.24, 2.45) is 5.92 Å². The van der Waals surface area contributed by atoms with Crippen LogP contribution in [0.5, 0.6) is 5.75 Å². The molecule has 1 aliphatic rings. The molecule has 1 aliphatic heterocycles. The molecular weight excluding hydrogens is 383 g/mol. The van der Waals surface area contributed by atoms with E-state index in [1.165, 1.54) is 18.4 Å². The maximum atomic E-state index is 6.12. The van der Waals surface area contributed by atoms with Crippen LogP contribution in [0.3, 0.4) is 0 Å². The van der Waals surface area contributed by atoms with Crippen LogP contribution in [0.25, 0.3) is 0 Å². The smallest absolute Gasteiger partial charge is 0.494 e. The first-order valence-corrected chi connectivity index (χ1v) is 11.6. The van der Waals surface area contributed by atoms with Crippen LogP contribution >= 0.6 is 0 Å². The van der Waals surface area contributed by atoms with Gasteiger partial charge in [0.15, 0.2) is 0 Å². The highest BCUT2D eigenvalue weighted by Gasteiger charge is 2.51. The monoisotopic (exact) mass is 420 g/mol. The third-order valence-electron chi connectivity index (χ3n) is 6.61. The normalized spacial score (nSPS) is 18.0. The summed E-state index contributed by atoms with van der Waals surface area (Å²) < 4.78 is 18.2. The molecule has 1 unspecified atom stereocenters. The van der Waals surface area contributed by atoms with Crippen LogP contribution in [-0.4, -0.2) is 24.9 Å². The Morgan fingerprint density at radius 2 is 1.52 bits per heavy atom. The van der Waals surface area contributed by atoms with Crippen molar-refractivity contribution in [1.29, 1.82) is 0 Å². The average Bonchev–Trinajstić information content (AvgIpc) is 2.98. The van der Waals surface area contributed by atoms with E-state index in [0.29, 0.717) is 5.92 Å². The van der Waals surface area contributed by atoms with Gasteiger partial charge in [-0.05, 0) is 88.9 Å². The highest BCUT2D eigenvalue weighted by Crippen LogP contribution is 2.36. The molecule has 0 N–H and O–H groups in total. The molecule has 0 spiro atoms. The molecule has 0 aliphatic carbocycles. The van der Waals surface area contributed by atoms with Gasteiger partial charge in [-0.25, -0.2) is 0 Å². The minimum Gasteiger partial charge on any atom is -0.494 e. The van der Waals surface area contributed by atoms with Crippen LogP contribution in [-0.2, 0) is 15.7 Å². The molecule has 3 nitrogen and oxygen atoms in total. The lowest BCUT2D eigenvalue weighted by molar-refractivity contribution is 0.00578. The Morgan fingerprint density at radius 1 is 0.903 bits per heavy atom. The first-order chi connectivity index (χ1) is 14.8.